The highest BCUT2D eigenvalue weighted by Crippen LogP contribution is 2.38. The van der Waals surface area contributed by atoms with Crippen LogP contribution in [-0.4, -0.2) is 48.8 Å². The Hall–Kier alpha value is -1.47. The van der Waals surface area contributed by atoms with Crippen LogP contribution in [0, 0.1) is 10.1 Å². The van der Waals surface area contributed by atoms with E-state index in [2.05, 4.69) is 4.90 Å². The zero-order valence-electron chi connectivity index (χ0n) is 10.4. The summed E-state index contributed by atoms with van der Waals surface area (Å²) in [7, 11) is 2.03. The lowest BCUT2D eigenvalue weighted by Crippen LogP contribution is -2.44. The van der Waals surface area contributed by atoms with Crippen LogP contribution in [0.4, 0.5) is 10.7 Å². The van der Waals surface area contributed by atoms with Crippen molar-refractivity contribution in [3.8, 4) is 0 Å². The van der Waals surface area contributed by atoms with E-state index in [1.165, 1.54) is 24.3 Å². The Labute approximate surface area is 109 Å². The molecule has 0 radical (unpaired) electrons. The van der Waals surface area contributed by atoms with Gasteiger partial charge in [-0.1, -0.05) is 0 Å². The predicted molar refractivity (Wildman–Crippen MR) is 70.7 cm³/mol. The van der Waals surface area contributed by atoms with Crippen LogP contribution in [0.5, 0.6) is 0 Å². The first-order chi connectivity index (χ1) is 8.49. The maximum atomic E-state index is 11.3. The summed E-state index contributed by atoms with van der Waals surface area (Å²) in [5.74, 6) is -0.122. The Bertz CT molecular complexity index is 478. The summed E-state index contributed by atoms with van der Waals surface area (Å²) in [6.45, 7) is 4.71. The van der Waals surface area contributed by atoms with Gasteiger partial charge in [-0.25, -0.2) is 0 Å². The van der Waals surface area contributed by atoms with Crippen molar-refractivity contribution in [3.05, 3.63) is 21.1 Å². The number of piperazine rings is 1. The second kappa shape index (κ2) is 5.03. The summed E-state index contributed by atoms with van der Waals surface area (Å²) < 4.78 is 0. The SMILES string of the molecule is CC(=O)c1cc([N+](=O)[O-])c(N2CCN(C)CC2)s1. The van der Waals surface area contributed by atoms with E-state index < -0.39 is 4.92 Å². The average Bonchev–Trinajstić information content (AvgIpc) is 2.75. The lowest BCUT2D eigenvalue weighted by molar-refractivity contribution is -0.383. The summed E-state index contributed by atoms with van der Waals surface area (Å²) in [5, 5.41) is 11.6. The molecule has 2 rings (SSSR count). The zero-order chi connectivity index (χ0) is 13.3. The van der Waals surface area contributed by atoms with Gasteiger partial charge in [0.2, 0.25) is 0 Å². The van der Waals surface area contributed by atoms with Gasteiger partial charge in [0, 0.05) is 32.2 Å². The highest BCUT2D eigenvalue weighted by molar-refractivity contribution is 7.18. The number of nitro groups is 1. The molecule has 1 aromatic rings. The molecule has 0 unspecified atom stereocenters. The fourth-order valence-corrected chi connectivity index (χ4v) is 2.98. The number of hydrogen-bond donors (Lipinski definition) is 0. The van der Waals surface area contributed by atoms with Crippen molar-refractivity contribution in [3.63, 3.8) is 0 Å². The van der Waals surface area contributed by atoms with Crippen LogP contribution in [0.1, 0.15) is 16.6 Å². The third-order valence-corrected chi connectivity index (χ3v) is 4.31. The third-order valence-electron chi connectivity index (χ3n) is 3.03. The van der Waals surface area contributed by atoms with Crippen LogP contribution < -0.4 is 4.90 Å². The lowest BCUT2D eigenvalue weighted by Gasteiger charge is -2.32. The number of likely N-dealkylation sites (N-methyl/N-ethyl adjacent to an activating group) is 1. The molecule has 1 saturated heterocycles. The molecule has 1 aromatic heterocycles. The number of carbonyl (C=O) groups is 1. The maximum absolute atomic E-state index is 11.3. The number of nitrogens with zero attached hydrogens (tertiary/aromatic N) is 3. The van der Waals surface area contributed by atoms with Gasteiger partial charge in [-0.15, -0.1) is 11.3 Å². The molecular weight excluding hydrogens is 254 g/mol. The number of carbonyl (C=O) groups excluding carboxylic acids is 1. The van der Waals surface area contributed by atoms with Crippen molar-refractivity contribution in [1.82, 2.24) is 4.90 Å². The normalized spacial score (nSPS) is 16.9. The molecule has 0 N–H and O–H groups in total. The number of thiophene rings is 1. The van der Waals surface area contributed by atoms with Crippen molar-refractivity contribution in [2.45, 2.75) is 6.92 Å². The highest BCUT2D eigenvalue weighted by atomic mass is 32.1. The van der Waals surface area contributed by atoms with Gasteiger partial charge in [0.05, 0.1) is 9.80 Å². The minimum atomic E-state index is -0.406. The monoisotopic (exact) mass is 269 g/mol. The number of ketones is 1. The van der Waals surface area contributed by atoms with Crippen molar-refractivity contribution < 1.29 is 9.72 Å². The van der Waals surface area contributed by atoms with Crippen LogP contribution >= 0.6 is 11.3 Å². The van der Waals surface area contributed by atoms with E-state index in [1.807, 2.05) is 11.9 Å². The van der Waals surface area contributed by atoms with E-state index in [4.69, 9.17) is 0 Å². The largest absolute Gasteiger partial charge is 0.355 e. The van der Waals surface area contributed by atoms with Crippen LogP contribution in [0.2, 0.25) is 0 Å². The number of rotatable bonds is 3. The molecule has 0 spiro atoms. The van der Waals surface area contributed by atoms with Crippen LogP contribution in [0.25, 0.3) is 0 Å². The van der Waals surface area contributed by atoms with Gasteiger partial charge in [-0.3, -0.25) is 14.9 Å². The highest BCUT2D eigenvalue weighted by Gasteiger charge is 2.27. The number of hydrogen-bond acceptors (Lipinski definition) is 6. The molecule has 98 valence electrons. The molecule has 7 heteroatoms. The Balaban J connectivity index is 2.30. The van der Waals surface area contributed by atoms with Crippen LogP contribution in [0.15, 0.2) is 6.07 Å². The molecule has 1 fully saturated rings. The molecule has 6 nitrogen and oxygen atoms in total. The molecule has 1 aliphatic rings. The Morgan fingerprint density at radius 1 is 1.39 bits per heavy atom. The average molecular weight is 269 g/mol. The molecule has 0 saturated carbocycles. The first-order valence-corrected chi connectivity index (χ1v) is 6.53. The number of anilines is 1. The second-order valence-corrected chi connectivity index (χ2v) is 5.44. The molecular formula is C11H15N3O3S. The first kappa shape index (κ1) is 13.0. The van der Waals surface area contributed by atoms with E-state index in [0.29, 0.717) is 9.88 Å². The van der Waals surface area contributed by atoms with Gasteiger partial charge < -0.3 is 9.80 Å². The van der Waals surface area contributed by atoms with Gasteiger partial charge >= 0.3 is 5.69 Å². The molecule has 0 amide bonds. The third kappa shape index (κ3) is 2.51. The standard InChI is InChI=1S/C11H15N3O3S/c1-8(15)10-7-9(14(16)17)11(18-10)13-5-3-12(2)4-6-13/h7H,3-6H2,1-2H3. The minimum absolute atomic E-state index is 0.0507. The van der Waals surface area contributed by atoms with Gasteiger partial charge in [-0.05, 0) is 14.0 Å². The summed E-state index contributed by atoms with van der Waals surface area (Å²) in [4.78, 5) is 26.6. The van der Waals surface area contributed by atoms with Crippen LogP contribution in [0.3, 0.4) is 0 Å². The van der Waals surface area contributed by atoms with Crippen molar-refractivity contribution in [2.75, 3.05) is 38.1 Å². The van der Waals surface area contributed by atoms with Crippen molar-refractivity contribution in [1.29, 1.82) is 0 Å². The second-order valence-electron chi connectivity index (χ2n) is 4.40. The van der Waals surface area contributed by atoms with Crippen LogP contribution in [-0.2, 0) is 0 Å². The van der Waals surface area contributed by atoms with E-state index in [0.717, 1.165) is 26.2 Å². The topological polar surface area (TPSA) is 66.7 Å². The van der Waals surface area contributed by atoms with Gasteiger partial charge in [-0.2, -0.15) is 0 Å². The summed E-state index contributed by atoms with van der Waals surface area (Å²) in [6.07, 6.45) is 0. The molecule has 1 aliphatic heterocycles. The van der Waals surface area contributed by atoms with E-state index in [1.54, 1.807) is 0 Å². The Morgan fingerprint density at radius 2 is 2.00 bits per heavy atom. The molecule has 0 atom stereocenters. The smallest absolute Gasteiger partial charge is 0.304 e. The molecule has 0 bridgehead atoms. The Morgan fingerprint density at radius 3 is 2.50 bits per heavy atom. The van der Waals surface area contributed by atoms with E-state index in [-0.39, 0.29) is 11.5 Å². The molecule has 18 heavy (non-hydrogen) atoms. The zero-order valence-corrected chi connectivity index (χ0v) is 11.2. The van der Waals surface area contributed by atoms with Crippen molar-refractivity contribution in [2.24, 2.45) is 0 Å². The van der Waals surface area contributed by atoms with Crippen molar-refractivity contribution >= 4 is 27.8 Å². The first-order valence-electron chi connectivity index (χ1n) is 5.71. The van der Waals surface area contributed by atoms with Gasteiger partial charge in [0.25, 0.3) is 0 Å². The fraction of sp³-hybridized carbons (Fsp3) is 0.545. The maximum Gasteiger partial charge on any atom is 0.304 e. The minimum Gasteiger partial charge on any atom is -0.355 e. The molecule has 2 heterocycles. The van der Waals surface area contributed by atoms with E-state index >= 15 is 0 Å². The Kier molecular flexibility index (Phi) is 3.63. The lowest BCUT2D eigenvalue weighted by atomic mass is 10.3. The van der Waals surface area contributed by atoms with Gasteiger partial charge in [0.1, 0.15) is 0 Å². The quantitative estimate of drug-likeness (QED) is 0.474. The number of Topliss-reactive ketones (excluding diaryl/α,β-unsaturated/α-hetero) is 1. The summed E-state index contributed by atoms with van der Waals surface area (Å²) >= 11 is 1.22. The summed E-state index contributed by atoms with van der Waals surface area (Å²) in [5.41, 5.74) is 0.0507. The molecule has 0 aliphatic carbocycles. The van der Waals surface area contributed by atoms with Gasteiger partial charge in [0.15, 0.2) is 10.8 Å². The predicted octanol–water partition coefficient (Wildman–Crippen LogP) is 1.61. The fourth-order valence-electron chi connectivity index (χ4n) is 1.91. The summed E-state index contributed by atoms with van der Waals surface area (Å²) in [6, 6.07) is 1.39. The molecule has 0 aromatic carbocycles. The van der Waals surface area contributed by atoms with E-state index in [9.17, 15) is 14.9 Å².